The third-order valence-corrected chi connectivity index (χ3v) is 4.20. The molecule has 0 aromatic carbocycles. The van der Waals surface area contributed by atoms with Gasteiger partial charge in [-0.25, -0.2) is 0 Å². The van der Waals surface area contributed by atoms with Gasteiger partial charge in [0.1, 0.15) is 5.51 Å². The van der Waals surface area contributed by atoms with Gasteiger partial charge in [-0.05, 0) is 13.3 Å². The SMILES string of the molecule is CCCCC1CC(C)(C(=O)CNc2nncs2)OC1=O. The van der Waals surface area contributed by atoms with Gasteiger partial charge < -0.3 is 10.1 Å². The van der Waals surface area contributed by atoms with Crippen LogP contribution in [0.2, 0.25) is 0 Å². The van der Waals surface area contributed by atoms with Gasteiger partial charge in [-0.1, -0.05) is 31.1 Å². The van der Waals surface area contributed by atoms with E-state index in [1.54, 1.807) is 12.4 Å². The van der Waals surface area contributed by atoms with Crippen LogP contribution in [0, 0.1) is 5.92 Å². The molecule has 2 unspecified atom stereocenters. The Labute approximate surface area is 121 Å². The van der Waals surface area contributed by atoms with Gasteiger partial charge in [0.15, 0.2) is 11.4 Å². The van der Waals surface area contributed by atoms with Gasteiger partial charge in [0.25, 0.3) is 0 Å². The summed E-state index contributed by atoms with van der Waals surface area (Å²) in [7, 11) is 0. The van der Waals surface area contributed by atoms with Crippen LogP contribution in [0.25, 0.3) is 0 Å². The molecule has 0 aliphatic carbocycles. The highest BCUT2D eigenvalue weighted by molar-refractivity contribution is 7.13. The van der Waals surface area contributed by atoms with Crippen LogP contribution in [0.3, 0.4) is 0 Å². The molecule has 1 saturated heterocycles. The molecule has 1 aromatic rings. The van der Waals surface area contributed by atoms with Gasteiger partial charge in [0.05, 0.1) is 12.5 Å². The number of anilines is 1. The number of nitrogens with one attached hydrogen (secondary N) is 1. The van der Waals surface area contributed by atoms with Gasteiger partial charge in [0, 0.05) is 6.42 Å². The zero-order valence-electron chi connectivity index (χ0n) is 11.7. The summed E-state index contributed by atoms with van der Waals surface area (Å²) < 4.78 is 5.33. The Hall–Kier alpha value is -1.50. The summed E-state index contributed by atoms with van der Waals surface area (Å²) >= 11 is 1.33. The van der Waals surface area contributed by atoms with Crippen molar-refractivity contribution in [3.8, 4) is 0 Å². The Kier molecular flexibility index (Phi) is 4.69. The number of rotatable bonds is 7. The number of carbonyl (C=O) groups is 2. The maximum Gasteiger partial charge on any atom is 0.310 e. The minimum atomic E-state index is -1.01. The van der Waals surface area contributed by atoms with E-state index in [0.29, 0.717) is 11.6 Å². The number of carbonyl (C=O) groups excluding carboxylic acids is 2. The maximum atomic E-state index is 12.2. The van der Waals surface area contributed by atoms with Crippen LogP contribution in [0.15, 0.2) is 5.51 Å². The molecule has 0 radical (unpaired) electrons. The van der Waals surface area contributed by atoms with Crippen LogP contribution in [-0.2, 0) is 14.3 Å². The van der Waals surface area contributed by atoms with Crippen molar-refractivity contribution in [2.24, 2.45) is 5.92 Å². The van der Waals surface area contributed by atoms with E-state index in [1.807, 2.05) is 0 Å². The van der Waals surface area contributed by atoms with Gasteiger partial charge in [-0.15, -0.1) is 10.2 Å². The molecule has 110 valence electrons. The summed E-state index contributed by atoms with van der Waals surface area (Å²) in [6.07, 6.45) is 3.28. The van der Waals surface area contributed by atoms with Gasteiger partial charge in [-0.3, -0.25) is 9.59 Å². The van der Waals surface area contributed by atoms with Crippen molar-refractivity contribution in [3.05, 3.63) is 5.51 Å². The molecular weight excluding hydrogens is 278 g/mol. The molecule has 1 aliphatic heterocycles. The van der Waals surface area contributed by atoms with Gasteiger partial charge in [-0.2, -0.15) is 0 Å². The van der Waals surface area contributed by atoms with E-state index in [1.165, 1.54) is 11.3 Å². The first-order valence-electron chi connectivity index (χ1n) is 6.81. The van der Waals surface area contributed by atoms with E-state index < -0.39 is 5.60 Å². The second-order valence-corrected chi connectivity index (χ2v) is 6.05. The number of ether oxygens (including phenoxy) is 1. The van der Waals surface area contributed by atoms with Crippen LogP contribution < -0.4 is 5.32 Å². The Morgan fingerprint density at radius 3 is 3.10 bits per heavy atom. The predicted molar refractivity (Wildman–Crippen MR) is 75.5 cm³/mol. The van der Waals surface area contributed by atoms with Crippen molar-refractivity contribution < 1.29 is 14.3 Å². The largest absolute Gasteiger partial charge is 0.451 e. The monoisotopic (exact) mass is 297 g/mol. The zero-order valence-corrected chi connectivity index (χ0v) is 12.5. The molecule has 1 aromatic heterocycles. The average molecular weight is 297 g/mol. The fourth-order valence-corrected chi connectivity index (χ4v) is 2.78. The van der Waals surface area contributed by atoms with Crippen LogP contribution in [0.4, 0.5) is 5.13 Å². The second-order valence-electron chi connectivity index (χ2n) is 5.22. The topological polar surface area (TPSA) is 81.2 Å². The Balaban J connectivity index is 1.90. The fourth-order valence-electron chi connectivity index (χ4n) is 2.33. The van der Waals surface area contributed by atoms with E-state index >= 15 is 0 Å². The van der Waals surface area contributed by atoms with E-state index in [4.69, 9.17) is 4.74 Å². The Morgan fingerprint density at radius 2 is 2.45 bits per heavy atom. The summed E-state index contributed by atoms with van der Waals surface area (Å²) in [5, 5.41) is 11.0. The number of ketones is 1. The van der Waals surface area contributed by atoms with Crippen LogP contribution in [0.1, 0.15) is 39.5 Å². The second kappa shape index (κ2) is 6.30. The summed E-state index contributed by atoms with van der Waals surface area (Å²) in [6, 6.07) is 0. The lowest BCUT2D eigenvalue weighted by Gasteiger charge is -2.20. The standard InChI is InChI=1S/C13H19N3O3S/c1-3-4-5-9-6-13(2,19-11(9)18)10(17)7-14-12-16-15-8-20-12/h8-9H,3-7H2,1-2H3,(H,14,16). The van der Waals surface area contributed by atoms with Crippen molar-refractivity contribution in [1.82, 2.24) is 10.2 Å². The molecule has 2 rings (SSSR count). The zero-order chi connectivity index (χ0) is 14.6. The molecule has 0 bridgehead atoms. The first kappa shape index (κ1) is 14.9. The molecule has 20 heavy (non-hydrogen) atoms. The number of aromatic nitrogens is 2. The van der Waals surface area contributed by atoms with Crippen molar-refractivity contribution >= 4 is 28.2 Å². The van der Waals surface area contributed by atoms with Crippen molar-refractivity contribution in [1.29, 1.82) is 0 Å². The Bertz CT molecular complexity index is 477. The Morgan fingerprint density at radius 1 is 1.65 bits per heavy atom. The maximum absolute atomic E-state index is 12.2. The predicted octanol–water partition coefficient (Wildman–Crippen LogP) is 2.03. The highest BCUT2D eigenvalue weighted by Crippen LogP contribution is 2.34. The molecule has 0 saturated carbocycles. The minimum absolute atomic E-state index is 0.0967. The highest BCUT2D eigenvalue weighted by atomic mass is 32.1. The molecule has 0 amide bonds. The van der Waals surface area contributed by atoms with Crippen LogP contribution >= 0.6 is 11.3 Å². The highest BCUT2D eigenvalue weighted by Gasteiger charge is 2.47. The first-order chi connectivity index (χ1) is 9.55. The van der Waals surface area contributed by atoms with Crippen molar-refractivity contribution in [2.45, 2.75) is 45.1 Å². The minimum Gasteiger partial charge on any atom is -0.451 e. The normalized spacial score (nSPS) is 25.5. The molecule has 6 nitrogen and oxygen atoms in total. The number of hydrogen-bond donors (Lipinski definition) is 1. The number of unbranched alkanes of at least 4 members (excludes halogenated alkanes) is 1. The van der Waals surface area contributed by atoms with Gasteiger partial charge >= 0.3 is 5.97 Å². The first-order valence-corrected chi connectivity index (χ1v) is 7.69. The number of nitrogens with zero attached hydrogens (tertiary/aromatic N) is 2. The lowest BCUT2D eigenvalue weighted by atomic mass is 9.89. The molecule has 1 N–H and O–H groups in total. The summed E-state index contributed by atoms with van der Waals surface area (Å²) in [5.41, 5.74) is 0.581. The molecular formula is C13H19N3O3S. The van der Waals surface area contributed by atoms with Gasteiger partial charge in [0.2, 0.25) is 5.13 Å². The third-order valence-electron chi connectivity index (χ3n) is 3.55. The average Bonchev–Trinajstić information content (AvgIpc) is 3.02. The lowest BCUT2D eigenvalue weighted by molar-refractivity contribution is -0.156. The molecule has 1 fully saturated rings. The molecule has 2 heterocycles. The quantitative estimate of drug-likeness (QED) is 0.776. The number of esters is 1. The van der Waals surface area contributed by atoms with Crippen molar-refractivity contribution in [3.63, 3.8) is 0 Å². The fraction of sp³-hybridized carbons (Fsp3) is 0.692. The van der Waals surface area contributed by atoms with Crippen LogP contribution in [-0.4, -0.2) is 34.1 Å². The number of hydrogen-bond acceptors (Lipinski definition) is 7. The number of cyclic esters (lactones) is 1. The molecule has 0 spiro atoms. The molecule has 2 atom stereocenters. The van der Waals surface area contributed by atoms with E-state index in [2.05, 4.69) is 22.4 Å². The summed E-state index contributed by atoms with van der Waals surface area (Å²) in [4.78, 5) is 24.1. The third kappa shape index (κ3) is 3.33. The number of Topliss-reactive ketones (excluding diaryl/α,β-unsaturated/α-hetero) is 1. The smallest absolute Gasteiger partial charge is 0.310 e. The lowest BCUT2D eigenvalue weighted by Crippen LogP contribution is -2.39. The van der Waals surface area contributed by atoms with E-state index in [9.17, 15) is 9.59 Å². The summed E-state index contributed by atoms with van der Waals surface area (Å²) in [6.45, 7) is 3.87. The molecule has 7 heteroatoms. The van der Waals surface area contributed by atoms with E-state index in [-0.39, 0.29) is 24.2 Å². The van der Waals surface area contributed by atoms with E-state index in [0.717, 1.165) is 19.3 Å². The molecule has 1 aliphatic rings. The van der Waals surface area contributed by atoms with Crippen LogP contribution in [0.5, 0.6) is 0 Å². The van der Waals surface area contributed by atoms with Crippen molar-refractivity contribution in [2.75, 3.05) is 11.9 Å². The summed E-state index contributed by atoms with van der Waals surface area (Å²) in [5.74, 6) is -0.518.